The predicted octanol–water partition coefficient (Wildman–Crippen LogP) is 3.33. The molecule has 0 aliphatic heterocycles. The summed E-state index contributed by atoms with van der Waals surface area (Å²) in [5.74, 6) is 2.46. The second-order valence-corrected chi connectivity index (χ2v) is 4.60. The highest BCUT2D eigenvalue weighted by molar-refractivity contribution is 5.71. The number of aromatic nitrogens is 2. The van der Waals surface area contributed by atoms with E-state index < -0.39 is 0 Å². The molecule has 0 aliphatic rings. The number of pyridine rings is 1. The Balaban J connectivity index is 2.27. The summed E-state index contributed by atoms with van der Waals surface area (Å²) in [5, 5.41) is 0. The number of fused-ring (bicyclic) bond motifs is 1. The lowest BCUT2D eigenvalue weighted by Crippen LogP contribution is -1.96. The number of imidazole rings is 1. The molecule has 0 bridgehead atoms. The highest BCUT2D eigenvalue weighted by Gasteiger charge is 2.14. The van der Waals surface area contributed by atoms with Crippen molar-refractivity contribution in [1.29, 1.82) is 0 Å². The van der Waals surface area contributed by atoms with Crippen molar-refractivity contribution in [1.82, 2.24) is 9.38 Å². The van der Waals surface area contributed by atoms with E-state index in [1.165, 1.54) is 0 Å². The molecule has 0 N–H and O–H groups in total. The molecular formula is C16H16N2O2. The van der Waals surface area contributed by atoms with Gasteiger partial charge in [-0.15, -0.1) is 0 Å². The van der Waals surface area contributed by atoms with Crippen LogP contribution in [0, 0.1) is 6.92 Å². The number of aryl methyl sites for hydroxylation is 1. The van der Waals surface area contributed by atoms with E-state index in [2.05, 4.69) is 4.98 Å². The fourth-order valence-corrected chi connectivity index (χ4v) is 2.37. The van der Waals surface area contributed by atoms with Crippen molar-refractivity contribution in [2.75, 3.05) is 14.2 Å². The summed E-state index contributed by atoms with van der Waals surface area (Å²) in [6.45, 7) is 1.99. The van der Waals surface area contributed by atoms with E-state index in [9.17, 15) is 0 Å². The average molecular weight is 268 g/mol. The van der Waals surface area contributed by atoms with Crippen LogP contribution in [0.2, 0.25) is 0 Å². The fraction of sp³-hybridized carbons (Fsp3) is 0.188. The molecule has 0 unspecified atom stereocenters. The first-order valence-electron chi connectivity index (χ1n) is 6.39. The molecule has 0 saturated carbocycles. The van der Waals surface area contributed by atoms with Gasteiger partial charge in [0.25, 0.3) is 0 Å². The summed E-state index contributed by atoms with van der Waals surface area (Å²) in [5.41, 5.74) is 3.00. The van der Waals surface area contributed by atoms with Gasteiger partial charge in [0.15, 0.2) is 0 Å². The molecule has 0 aliphatic carbocycles. The smallest absolute Gasteiger partial charge is 0.148 e. The largest absolute Gasteiger partial charge is 0.496 e. The summed E-state index contributed by atoms with van der Waals surface area (Å²) in [6.07, 6.45) is 3.84. The Labute approximate surface area is 117 Å². The molecule has 20 heavy (non-hydrogen) atoms. The molecule has 3 rings (SSSR count). The highest BCUT2D eigenvalue weighted by atomic mass is 16.5. The summed E-state index contributed by atoms with van der Waals surface area (Å²) < 4.78 is 12.9. The van der Waals surface area contributed by atoms with Gasteiger partial charge in [0.05, 0.1) is 31.5 Å². The number of hydrogen-bond acceptors (Lipinski definition) is 3. The molecule has 0 amide bonds. The summed E-state index contributed by atoms with van der Waals surface area (Å²) in [7, 11) is 3.34. The van der Waals surface area contributed by atoms with Crippen LogP contribution in [0.3, 0.4) is 0 Å². The lowest BCUT2D eigenvalue weighted by molar-refractivity contribution is 0.401. The quantitative estimate of drug-likeness (QED) is 0.731. The minimum Gasteiger partial charge on any atom is -0.496 e. The van der Waals surface area contributed by atoms with Crippen LogP contribution < -0.4 is 9.47 Å². The van der Waals surface area contributed by atoms with E-state index in [0.717, 1.165) is 34.0 Å². The van der Waals surface area contributed by atoms with Crippen molar-refractivity contribution < 1.29 is 9.47 Å². The number of ether oxygens (including phenoxy) is 2. The predicted molar refractivity (Wildman–Crippen MR) is 78.5 cm³/mol. The second-order valence-electron chi connectivity index (χ2n) is 4.60. The first-order valence-corrected chi connectivity index (χ1v) is 6.39. The Morgan fingerprint density at radius 3 is 2.60 bits per heavy atom. The number of nitrogens with zero attached hydrogens (tertiary/aromatic N) is 2. The zero-order valence-corrected chi connectivity index (χ0v) is 11.8. The molecular weight excluding hydrogens is 252 g/mol. The highest BCUT2D eigenvalue weighted by Crippen LogP contribution is 2.35. The van der Waals surface area contributed by atoms with Crippen LogP contribution in [0.4, 0.5) is 0 Å². The minimum absolute atomic E-state index is 0.791. The van der Waals surface area contributed by atoms with E-state index in [1.807, 2.05) is 54.0 Å². The van der Waals surface area contributed by atoms with Crippen molar-refractivity contribution in [3.05, 3.63) is 48.3 Å². The lowest BCUT2D eigenvalue weighted by atomic mass is 10.1. The van der Waals surface area contributed by atoms with Gasteiger partial charge in [-0.1, -0.05) is 6.07 Å². The maximum Gasteiger partial charge on any atom is 0.148 e. The molecule has 0 radical (unpaired) electrons. The minimum atomic E-state index is 0.791. The molecule has 102 valence electrons. The summed E-state index contributed by atoms with van der Waals surface area (Å²) in [4.78, 5) is 4.51. The first kappa shape index (κ1) is 12.5. The first-order chi connectivity index (χ1) is 9.74. The number of methoxy groups -OCH3 is 2. The zero-order valence-electron chi connectivity index (χ0n) is 11.8. The van der Waals surface area contributed by atoms with E-state index in [1.54, 1.807) is 14.2 Å². The van der Waals surface area contributed by atoms with Crippen molar-refractivity contribution >= 4 is 5.52 Å². The van der Waals surface area contributed by atoms with E-state index in [4.69, 9.17) is 9.47 Å². The maximum absolute atomic E-state index is 5.49. The van der Waals surface area contributed by atoms with Crippen LogP contribution in [0.25, 0.3) is 16.9 Å². The third-order valence-electron chi connectivity index (χ3n) is 3.40. The standard InChI is InChI=1S/C16H16N2O2/c1-11-8-15(20-3)13(9-14(11)19-2)16-17-10-12-6-4-5-7-18(12)16/h4-10H,1-3H3. The number of hydrogen-bond donors (Lipinski definition) is 0. The maximum atomic E-state index is 5.49. The van der Waals surface area contributed by atoms with Crippen molar-refractivity contribution in [3.63, 3.8) is 0 Å². The summed E-state index contributed by atoms with van der Waals surface area (Å²) >= 11 is 0. The van der Waals surface area contributed by atoms with Gasteiger partial charge in [-0.2, -0.15) is 0 Å². The Hall–Kier alpha value is -2.49. The van der Waals surface area contributed by atoms with Gasteiger partial charge in [0.2, 0.25) is 0 Å². The van der Waals surface area contributed by atoms with Gasteiger partial charge in [-0.25, -0.2) is 4.98 Å². The van der Waals surface area contributed by atoms with Crippen LogP contribution in [0.1, 0.15) is 5.56 Å². The SMILES string of the molecule is COc1cc(-c2ncc3ccccn23)c(OC)cc1C. The molecule has 3 aromatic rings. The van der Waals surface area contributed by atoms with Crippen LogP contribution >= 0.6 is 0 Å². The molecule has 2 aromatic heterocycles. The fourth-order valence-electron chi connectivity index (χ4n) is 2.37. The van der Waals surface area contributed by atoms with Crippen molar-refractivity contribution in [3.8, 4) is 22.9 Å². The third-order valence-corrected chi connectivity index (χ3v) is 3.40. The molecule has 0 atom stereocenters. The molecule has 1 aromatic carbocycles. The normalized spacial score (nSPS) is 10.8. The molecule has 0 fully saturated rings. The average Bonchev–Trinajstić information content (AvgIpc) is 2.91. The van der Waals surface area contributed by atoms with E-state index in [0.29, 0.717) is 0 Å². The zero-order chi connectivity index (χ0) is 14.1. The van der Waals surface area contributed by atoms with Gasteiger partial charge < -0.3 is 9.47 Å². The van der Waals surface area contributed by atoms with Gasteiger partial charge in [0.1, 0.15) is 17.3 Å². The third kappa shape index (κ3) is 1.90. The second kappa shape index (κ2) is 4.89. The molecule has 2 heterocycles. The number of rotatable bonds is 3. The van der Waals surface area contributed by atoms with Crippen LogP contribution in [0.15, 0.2) is 42.7 Å². The topological polar surface area (TPSA) is 35.8 Å². The van der Waals surface area contributed by atoms with Crippen LogP contribution in [0.5, 0.6) is 11.5 Å². The Morgan fingerprint density at radius 1 is 1.05 bits per heavy atom. The summed E-state index contributed by atoms with van der Waals surface area (Å²) in [6, 6.07) is 9.94. The van der Waals surface area contributed by atoms with E-state index in [-0.39, 0.29) is 0 Å². The lowest BCUT2D eigenvalue weighted by Gasteiger charge is -2.12. The van der Waals surface area contributed by atoms with Gasteiger partial charge >= 0.3 is 0 Å². The molecule has 4 heteroatoms. The molecule has 4 nitrogen and oxygen atoms in total. The van der Waals surface area contributed by atoms with Crippen molar-refractivity contribution in [2.45, 2.75) is 6.92 Å². The van der Waals surface area contributed by atoms with Crippen molar-refractivity contribution in [2.24, 2.45) is 0 Å². The monoisotopic (exact) mass is 268 g/mol. The van der Waals surface area contributed by atoms with Gasteiger partial charge in [-0.05, 0) is 36.8 Å². The molecule has 0 saturated heterocycles. The number of benzene rings is 1. The molecule has 0 spiro atoms. The van der Waals surface area contributed by atoms with Gasteiger partial charge in [-0.3, -0.25) is 4.40 Å². The van der Waals surface area contributed by atoms with E-state index >= 15 is 0 Å². The van der Waals surface area contributed by atoms with Crippen LogP contribution in [-0.4, -0.2) is 23.6 Å². The Bertz CT molecular complexity index is 762. The van der Waals surface area contributed by atoms with Crippen LogP contribution in [-0.2, 0) is 0 Å². The van der Waals surface area contributed by atoms with Gasteiger partial charge in [0, 0.05) is 6.20 Å². The Kier molecular flexibility index (Phi) is 3.06. The Morgan fingerprint density at radius 2 is 1.85 bits per heavy atom.